The van der Waals surface area contributed by atoms with Crippen molar-refractivity contribution in [2.24, 2.45) is 73.4 Å². The number of likely N-dealkylation sites (tertiary alicyclic amines) is 1. The molecule has 8 nitrogen and oxygen atoms in total. The molecule has 7 saturated carbocycles. The average Bonchev–Trinajstić information content (AvgIpc) is 3.90. The molecule has 0 unspecified atom stereocenters. The second kappa shape index (κ2) is 16.3. The Morgan fingerprint density at radius 1 is 0.631 bits per heavy atom. The summed E-state index contributed by atoms with van der Waals surface area (Å²) < 4.78 is 12.6. The number of esters is 2. The first-order valence-corrected chi connectivity index (χ1v) is 27.0. The number of carbonyl (C=O) groups excluding carboxylic acids is 3. The molecule has 2 heterocycles. The van der Waals surface area contributed by atoms with Gasteiger partial charge in [0.05, 0.1) is 17.8 Å². The summed E-state index contributed by atoms with van der Waals surface area (Å²) in [7, 11) is 0. The molecular weight excluding hydrogens is 807 g/mol. The molecule has 2 saturated heterocycles. The van der Waals surface area contributed by atoms with E-state index in [9.17, 15) is 9.59 Å². The van der Waals surface area contributed by atoms with E-state index >= 15 is 4.79 Å². The number of likely N-dealkylation sites (N-methyl/N-ethyl adjacent to an activating group) is 1. The molecule has 0 aromatic heterocycles. The normalized spacial score (nSPS) is 43.2. The molecule has 8 heteroatoms. The minimum absolute atomic E-state index is 0.105. The van der Waals surface area contributed by atoms with Crippen LogP contribution >= 0.6 is 0 Å². The topological polar surface area (TPSA) is 79.4 Å². The van der Waals surface area contributed by atoms with Crippen molar-refractivity contribution in [3.63, 3.8) is 0 Å². The second-order valence-corrected chi connectivity index (χ2v) is 26.2. The van der Waals surface area contributed by atoms with Crippen LogP contribution in [0.1, 0.15) is 164 Å². The molecule has 7 aliphatic carbocycles. The number of benzene rings is 1. The fraction of sp³-hybridized carbons (Fsp3) is 0.842. The third-order valence-corrected chi connectivity index (χ3v) is 23.0. The standard InChI is InChI=1S/C57H87N3O5/c1-10-58-32-34-59(35-33-58)39-21-30-60(31-22-39)50(63)57-25-18-40(53(6)26-27-53)48(57)41-16-17-44-54(7)23-20-45(52(4,5)43(54)19-24-56(44,9)55(41,8)28-29-57)65-49(62)42-37-46(51(42,2)3)64-47(61)36-38-14-12-11-13-15-38/h11-15,39-46,48H,10,16-37H2,1-9H3/t40-,41-,42-,43+,44-,45+,46-,48-,54+,55-,56-,57+/m1/s1. The summed E-state index contributed by atoms with van der Waals surface area (Å²) >= 11 is 0. The van der Waals surface area contributed by atoms with Gasteiger partial charge in [0.2, 0.25) is 5.91 Å². The Hall–Kier alpha value is -2.45. The van der Waals surface area contributed by atoms with Crippen molar-refractivity contribution < 1.29 is 23.9 Å². The van der Waals surface area contributed by atoms with Crippen LogP contribution in [0.15, 0.2) is 30.3 Å². The Balaban J connectivity index is 0.820. The van der Waals surface area contributed by atoms with E-state index < -0.39 is 5.41 Å². The zero-order chi connectivity index (χ0) is 46.0. The number of hydrogen-bond acceptors (Lipinski definition) is 7. The van der Waals surface area contributed by atoms with E-state index in [1.54, 1.807) is 0 Å². The van der Waals surface area contributed by atoms with Crippen LogP contribution in [-0.4, -0.2) is 96.6 Å². The highest BCUT2D eigenvalue weighted by atomic mass is 16.6. The van der Waals surface area contributed by atoms with Gasteiger partial charge in [0.15, 0.2) is 0 Å². The molecule has 9 aliphatic rings. The van der Waals surface area contributed by atoms with E-state index in [0.29, 0.717) is 53.4 Å². The first-order chi connectivity index (χ1) is 30.8. The summed E-state index contributed by atoms with van der Waals surface area (Å²) in [5.41, 5.74) is 1.20. The first kappa shape index (κ1) is 46.3. The van der Waals surface area contributed by atoms with Gasteiger partial charge in [-0.25, -0.2) is 0 Å². The van der Waals surface area contributed by atoms with Crippen LogP contribution in [0.2, 0.25) is 0 Å². The van der Waals surface area contributed by atoms with E-state index in [0.717, 1.165) is 63.7 Å². The molecule has 1 amide bonds. The van der Waals surface area contributed by atoms with Crippen molar-refractivity contribution in [1.82, 2.24) is 14.7 Å². The van der Waals surface area contributed by atoms with Gasteiger partial charge in [0, 0.05) is 56.1 Å². The van der Waals surface area contributed by atoms with Gasteiger partial charge in [-0.2, -0.15) is 0 Å². The van der Waals surface area contributed by atoms with Gasteiger partial charge in [0.25, 0.3) is 0 Å². The lowest BCUT2D eigenvalue weighted by Crippen LogP contribution is -2.68. The predicted octanol–water partition coefficient (Wildman–Crippen LogP) is 10.6. The molecule has 0 N–H and O–H groups in total. The van der Waals surface area contributed by atoms with Gasteiger partial charge in [0.1, 0.15) is 12.2 Å². The van der Waals surface area contributed by atoms with E-state index in [4.69, 9.17) is 9.47 Å². The zero-order valence-corrected chi connectivity index (χ0v) is 42.2. The van der Waals surface area contributed by atoms with Gasteiger partial charge in [-0.05, 0) is 160 Å². The van der Waals surface area contributed by atoms with Gasteiger partial charge in [-0.3, -0.25) is 19.3 Å². The molecule has 1 aromatic carbocycles. The maximum absolute atomic E-state index is 15.4. The third kappa shape index (κ3) is 7.25. The predicted molar refractivity (Wildman–Crippen MR) is 257 cm³/mol. The summed E-state index contributed by atoms with van der Waals surface area (Å²) in [5, 5.41) is 0. The summed E-state index contributed by atoms with van der Waals surface area (Å²) in [4.78, 5) is 50.2. The van der Waals surface area contributed by atoms with Crippen LogP contribution in [0.3, 0.4) is 0 Å². The molecule has 10 rings (SSSR count). The fourth-order valence-corrected chi connectivity index (χ4v) is 18.4. The van der Waals surface area contributed by atoms with Crippen molar-refractivity contribution in [2.45, 2.75) is 183 Å². The number of ether oxygens (including phenoxy) is 2. The third-order valence-electron chi connectivity index (χ3n) is 23.0. The zero-order valence-electron chi connectivity index (χ0n) is 42.2. The number of piperidine rings is 1. The Morgan fingerprint density at radius 3 is 2.00 bits per heavy atom. The maximum Gasteiger partial charge on any atom is 0.310 e. The minimum atomic E-state index is -0.462. The van der Waals surface area contributed by atoms with Crippen LogP contribution in [0.5, 0.6) is 0 Å². The molecule has 1 aromatic rings. The van der Waals surface area contributed by atoms with Crippen molar-refractivity contribution in [3.05, 3.63) is 35.9 Å². The number of nitrogens with zero attached hydrogens (tertiary/aromatic N) is 3. The lowest BCUT2D eigenvalue weighted by atomic mass is 9.32. The van der Waals surface area contributed by atoms with Crippen LogP contribution in [0, 0.1) is 73.4 Å². The fourth-order valence-electron chi connectivity index (χ4n) is 18.4. The molecule has 12 atom stereocenters. The Bertz CT molecular complexity index is 1960. The Labute approximate surface area is 393 Å². The van der Waals surface area contributed by atoms with Crippen LogP contribution < -0.4 is 0 Å². The second-order valence-electron chi connectivity index (χ2n) is 26.2. The SMILES string of the molecule is CCN1CCN(C2CCN(C(=O)[C@]34CC[C@@H](C5(C)CC5)[C@@H]3[C@H]3CC[C@@H]5[C@@]6(C)CC[C@H](OC(=O)[C@H]7C[C@@H](OC(=O)Cc8ccccc8)C7(C)C)C(C)(C)[C@@H]6CC[C@@]5(C)[C@]3(C)CC4)CC2)CC1. The summed E-state index contributed by atoms with van der Waals surface area (Å²) in [6, 6.07) is 10.4. The number of carbonyl (C=O) groups is 3. The number of fused-ring (bicyclic) bond motifs is 7. The van der Waals surface area contributed by atoms with Crippen LogP contribution in [-0.2, 0) is 30.3 Å². The van der Waals surface area contributed by atoms with E-state index in [1.165, 1.54) is 77.5 Å². The van der Waals surface area contributed by atoms with Gasteiger partial charge in [-0.15, -0.1) is 0 Å². The van der Waals surface area contributed by atoms with Crippen LogP contribution in [0.25, 0.3) is 0 Å². The lowest BCUT2D eigenvalue weighted by Gasteiger charge is -2.73. The largest absolute Gasteiger partial charge is 0.462 e. The minimum Gasteiger partial charge on any atom is -0.462 e. The Kier molecular flexibility index (Phi) is 11.6. The lowest BCUT2D eigenvalue weighted by molar-refractivity contribution is -0.253. The molecule has 65 heavy (non-hydrogen) atoms. The number of hydrogen-bond donors (Lipinski definition) is 0. The molecule has 0 bridgehead atoms. The van der Waals surface area contributed by atoms with Crippen molar-refractivity contribution in [2.75, 3.05) is 45.8 Å². The van der Waals surface area contributed by atoms with E-state index in [2.05, 4.69) is 77.0 Å². The van der Waals surface area contributed by atoms with Crippen molar-refractivity contribution in [1.29, 1.82) is 0 Å². The molecule has 0 spiro atoms. The summed E-state index contributed by atoms with van der Waals surface area (Å²) in [6.07, 6.45) is 17.0. The quantitative estimate of drug-likeness (QED) is 0.229. The molecule has 9 fully saturated rings. The maximum atomic E-state index is 15.4. The van der Waals surface area contributed by atoms with E-state index in [-0.39, 0.29) is 63.6 Å². The Morgan fingerprint density at radius 2 is 1.34 bits per heavy atom. The smallest absolute Gasteiger partial charge is 0.310 e. The molecule has 360 valence electrons. The highest BCUT2D eigenvalue weighted by Gasteiger charge is 2.74. The highest BCUT2D eigenvalue weighted by molar-refractivity contribution is 5.84. The van der Waals surface area contributed by atoms with Gasteiger partial charge in [-0.1, -0.05) is 92.6 Å². The molecule has 2 aliphatic heterocycles. The molecular formula is C57H87N3O5. The number of amides is 1. The highest BCUT2D eigenvalue weighted by Crippen LogP contribution is 2.79. The summed E-state index contributed by atoms with van der Waals surface area (Å²) in [6.45, 7) is 29.7. The monoisotopic (exact) mass is 894 g/mol. The van der Waals surface area contributed by atoms with Gasteiger partial charge >= 0.3 is 11.9 Å². The average molecular weight is 894 g/mol. The van der Waals surface area contributed by atoms with Crippen LogP contribution in [0.4, 0.5) is 0 Å². The van der Waals surface area contributed by atoms with Crippen molar-refractivity contribution in [3.8, 4) is 0 Å². The number of piperazine rings is 1. The van der Waals surface area contributed by atoms with Crippen molar-refractivity contribution >= 4 is 17.8 Å². The van der Waals surface area contributed by atoms with Gasteiger partial charge < -0.3 is 19.3 Å². The first-order valence-electron chi connectivity index (χ1n) is 27.0. The summed E-state index contributed by atoms with van der Waals surface area (Å²) in [5.74, 6) is 2.86. The number of rotatable bonds is 9. The molecule has 0 radical (unpaired) electrons. The van der Waals surface area contributed by atoms with E-state index in [1.807, 2.05) is 30.3 Å².